The second-order valence-electron chi connectivity index (χ2n) is 6.97. The number of hydroxylamine groups is 4. The Hall–Kier alpha value is -0.100. The Bertz CT molecular complexity index is 1000. The number of halogens is 6. The van der Waals surface area contributed by atoms with E-state index in [0.29, 0.717) is 35.3 Å². The van der Waals surface area contributed by atoms with Crippen LogP contribution in [-0.4, -0.2) is 54.6 Å². The lowest BCUT2D eigenvalue weighted by Gasteiger charge is -2.24. The molecular weight excluding hydrogens is 656 g/mol. The van der Waals surface area contributed by atoms with Crippen molar-refractivity contribution in [3.8, 4) is 0 Å². The Balaban J connectivity index is 0.000000371. The molecule has 210 valence electrons. The maximum atomic E-state index is 13.4. The van der Waals surface area contributed by atoms with Gasteiger partial charge < -0.3 is 0 Å². The predicted molar refractivity (Wildman–Crippen MR) is 155 cm³/mol. The highest BCUT2D eigenvalue weighted by Crippen LogP contribution is 2.42. The fraction of sp³-hybridized carbons (Fsp3) is 0.368. The first-order chi connectivity index (χ1) is 17.0. The predicted octanol–water partition coefficient (Wildman–Crippen LogP) is 6.85. The van der Waals surface area contributed by atoms with Crippen molar-refractivity contribution in [3.63, 3.8) is 0 Å². The van der Waals surface area contributed by atoms with Gasteiger partial charge in [0.2, 0.25) is 0 Å². The van der Waals surface area contributed by atoms with Gasteiger partial charge in [-0.05, 0) is 31.2 Å². The highest BCUT2D eigenvalue weighted by Gasteiger charge is 2.33. The van der Waals surface area contributed by atoms with Crippen molar-refractivity contribution in [3.05, 3.63) is 60.2 Å². The molecule has 0 bridgehead atoms. The average molecular weight is 681 g/mol. The highest BCUT2D eigenvalue weighted by molar-refractivity contribution is 8.14. The second-order valence-corrected chi connectivity index (χ2v) is 14.9. The topological polar surface area (TPSA) is 65.6 Å². The minimum atomic E-state index is -2.61. The summed E-state index contributed by atoms with van der Waals surface area (Å²) in [5.74, 6) is 0. The Labute approximate surface area is 249 Å². The number of benzene rings is 2. The van der Waals surface area contributed by atoms with Crippen LogP contribution in [0.5, 0.6) is 0 Å². The van der Waals surface area contributed by atoms with Crippen LogP contribution in [0.2, 0.25) is 0 Å². The van der Waals surface area contributed by atoms with Crippen LogP contribution in [0.15, 0.2) is 54.6 Å². The highest BCUT2D eigenvalue weighted by atomic mass is 35.5. The van der Waals surface area contributed by atoms with Crippen LogP contribution in [-0.2, 0) is 31.1 Å². The van der Waals surface area contributed by atoms with Crippen LogP contribution in [0.1, 0.15) is 5.56 Å². The number of rotatable bonds is 12. The van der Waals surface area contributed by atoms with E-state index in [-0.39, 0.29) is 0 Å². The minimum Gasteiger partial charge on any atom is -0.204 e. The van der Waals surface area contributed by atoms with E-state index >= 15 is 0 Å². The van der Waals surface area contributed by atoms with Crippen molar-refractivity contribution in [2.24, 2.45) is 0 Å². The lowest BCUT2D eigenvalue weighted by atomic mass is 10.2. The quantitative estimate of drug-likeness (QED) is 0.137. The van der Waals surface area contributed by atoms with E-state index < -0.39 is 30.4 Å². The lowest BCUT2D eigenvalue weighted by Crippen LogP contribution is -2.28. The molecule has 0 radical (unpaired) electrons. The first-order valence-corrected chi connectivity index (χ1v) is 14.9. The number of anilines is 2. The summed E-state index contributed by atoms with van der Waals surface area (Å²) >= 11 is 17.9. The molecule has 2 aromatic carbocycles. The molecule has 2 unspecified atom stereocenters. The summed E-state index contributed by atoms with van der Waals surface area (Å²) in [5, 5.41) is 2.47. The van der Waals surface area contributed by atoms with Gasteiger partial charge >= 0.3 is 7.84 Å². The third-order valence-electron chi connectivity index (χ3n) is 3.28. The summed E-state index contributed by atoms with van der Waals surface area (Å²) in [6.07, 6.45) is 0. The summed E-state index contributed by atoms with van der Waals surface area (Å²) in [7, 11) is 6.21. The number of aryl methyl sites for hydroxylation is 1. The molecule has 0 heterocycles. The fourth-order valence-electron chi connectivity index (χ4n) is 2.06. The second kappa shape index (κ2) is 16.2. The molecule has 8 nitrogen and oxygen atoms in total. The Morgan fingerprint density at radius 3 is 1.38 bits per heavy atom. The molecule has 0 amide bonds. The molecule has 0 saturated carbocycles. The van der Waals surface area contributed by atoms with Gasteiger partial charge in [0.05, 0.1) is 11.4 Å². The van der Waals surface area contributed by atoms with Gasteiger partial charge in [-0.3, -0.25) is 0 Å². The van der Waals surface area contributed by atoms with Crippen molar-refractivity contribution in [2.75, 3.05) is 35.6 Å². The molecule has 0 spiro atoms. The van der Waals surface area contributed by atoms with Gasteiger partial charge in [0.15, 0.2) is 0 Å². The van der Waals surface area contributed by atoms with E-state index in [0.717, 1.165) is 13.0 Å². The third-order valence-corrected chi connectivity index (χ3v) is 8.27. The molecule has 2 aromatic rings. The first-order valence-electron chi connectivity index (χ1n) is 9.77. The molecule has 0 N–H and O–H groups in total. The lowest BCUT2D eigenvalue weighted by molar-refractivity contribution is 0.0138. The van der Waals surface area contributed by atoms with Crippen molar-refractivity contribution in [1.82, 2.24) is 10.1 Å². The van der Waals surface area contributed by atoms with E-state index in [1.807, 2.05) is 6.92 Å². The van der Waals surface area contributed by atoms with Crippen LogP contribution < -0.4 is 7.42 Å². The molecule has 18 heteroatoms. The van der Waals surface area contributed by atoms with Crippen molar-refractivity contribution in [1.29, 1.82) is 0 Å². The van der Waals surface area contributed by atoms with Crippen molar-refractivity contribution in [2.45, 2.75) is 14.8 Å². The summed E-state index contributed by atoms with van der Waals surface area (Å²) in [5.41, 5.74) is 1.92. The standard InChI is InChI=1S/C10H13Cl2FN2O2S2.C9H11Cl2FN2O2S2/c1-8-4-6-9(7-5-8)15(18-10(11,12)13)19(16)17-14(2)3;1-13(2)16-18(15)14(17-9(10,11)12)8-6-4-3-5-7-8/h4-7H,1-3H3;3-7H,1-2H3. The molecule has 2 rings (SSSR count). The maximum absolute atomic E-state index is 13.4. The molecule has 0 aliphatic rings. The number of hydrogen-bond donors (Lipinski definition) is 0. The Morgan fingerprint density at radius 2 is 1.05 bits per heavy atom. The van der Waals surface area contributed by atoms with Crippen molar-refractivity contribution >= 4 is 104 Å². The molecule has 0 aliphatic heterocycles. The number of hydrogen-bond acceptors (Lipinski definition) is 8. The van der Waals surface area contributed by atoms with Crippen LogP contribution in [0.3, 0.4) is 0 Å². The summed E-state index contributed by atoms with van der Waals surface area (Å²) in [6, 6.07) is 15.4. The van der Waals surface area contributed by atoms with E-state index in [1.54, 1.807) is 82.8 Å². The molecule has 37 heavy (non-hydrogen) atoms. The van der Waals surface area contributed by atoms with E-state index in [9.17, 15) is 17.2 Å². The monoisotopic (exact) mass is 678 g/mol. The molecule has 0 saturated heterocycles. The normalized spacial score (nSPS) is 13.6. The average Bonchev–Trinajstić information content (AvgIpc) is 2.75. The number of para-hydroxylation sites is 1. The van der Waals surface area contributed by atoms with E-state index in [4.69, 9.17) is 55.0 Å². The zero-order chi connectivity index (χ0) is 28.4. The maximum Gasteiger partial charge on any atom is 0.324 e. The van der Waals surface area contributed by atoms with E-state index in [2.05, 4.69) is 0 Å². The minimum absolute atomic E-state index is 0.351. The van der Waals surface area contributed by atoms with Gasteiger partial charge in [0.25, 0.3) is 22.5 Å². The number of alkyl halides is 6. The Morgan fingerprint density at radius 1 is 0.703 bits per heavy atom. The van der Waals surface area contributed by atoms with Gasteiger partial charge in [-0.2, -0.15) is 27.5 Å². The largest absolute Gasteiger partial charge is 0.324 e. The Kier molecular flexibility index (Phi) is 15.3. The van der Waals surface area contributed by atoms with E-state index in [1.165, 1.54) is 10.1 Å². The first kappa shape index (κ1) is 34.9. The molecule has 0 fully saturated rings. The van der Waals surface area contributed by atoms with Gasteiger partial charge in [0, 0.05) is 52.1 Å². The zero-order valence-corrected chi connectivity index (χ0v) is 26.3. The van der Waals surface area contributed by atoms with Crippen LogP contribution in [0.25, 0.3) is 0 Å². The smallest absolute Gasteiger partial charge is 0.204 e. The summed E-state index contributed by atoms with van der Waals surface area (Å²) < 4.78 is 57.3. The number of nitrogens with zero attached hydrogens (tertiary/aromatic N) is 4. The zero-order valence-electron chi connectivity index (χ0n) is 20.0. The van der Waals surface area contributed by atoms with Gasteiger partial charge in [-0.15, -0.1) is 0 Å². The molecule has 0 aliphatic carbocycles. The van der Waals surface area contributed by atoms with Crippen LogP contribution >= 0.6 is 70.3 Å². The van der Waals surface area contributed by atoms with Crippen LogP contribution in [0, 0.1) is 6.92 Å². The van der Waals surface area contributed by atoms with Gasteiger partial charge in [-0.25, -0.2) is 15.8 Å². The summed E-state index contributed by atoms with van der Waals surface area (Å²) in [6.45, 7) is 1.90. The molecule has 0 aromatic heterocycles. The van der Waals surface area contributed by atoms with Gasteiger partial charge in [0.1, 0.15) is 0 Å². The van der Waals surface area contributed by atoms with Gasteiger partial charge in [-0.1, -0.05) is 82.3 Å². The van der Waals surface area contributed by atoms with Crippen molar-refractivity contribution < 1.29 is 25.8 Å². The fourth-order valence-corrected chi connectivity index (χ4v) is 6.69. The SMILES string of the molecule is CN(C)OS(=O)N(SC(F)(Cl)Cl)c1ccccc1.Cc1ccc(N(SC(F)(Cl)Cl)S(=O)ON(C)C)cc1. The summed E-state index contributed by atoms with van der Waals surface area (Å²) in [4.78, 5) is 0. The molecular formula is C19H24Cl4F2N4O4S4. The molecule has 2 atom stereocenters. The van der Waals surface area contributed by atoms with Crippen LogP contribution in [0.4, 0.5) is 20.2 Å². The third kappa shape index (κ3) is 15.3.